The maximum atomic E-state index is 12.5. The third kappa shape index (κ3) is 2.34. The molecule has 1 heterocycles. The lowest BCUT2D eigenvalue weighted by Gasteiger charge is -2.15. The van der Waals surface area contributed by atoms with E-state index in [4.69, 9.17) is 11.6 Å². The van der Waals surface area contributed by atoms with Crippen LogP contribution in [0.2, 0.25) is 5.15 Å². The van der Waals surface area contributed by atoms with Crippen molar-refractivity contribution in [1.82, 2.24) is 4.98 Å². The van der Waals surface area contributed by atoms with Gasteiger partial charge < -0.3 is 4.74 Å². The van der Waals surface area contributed by atoms with Gasteiger partial charge in [-0.05, 0) is 0 Å². The molecule has 0 saturated carbocycles. The normalized spacial score (nSPS) is 12.0. The second kappa shape index (κ2) is 4.40. The summed E-state index contributed by atoms with van der Waals surface area (Å²) < 4.78 is 66.6. The lowest BCUT2D eigenvalue weighted by atomic mass is 10.1. The molecule has 1 aromatic heterocycles. The van der Waals surface area contributed by atoms with Gasteiger partial charge in [-0.2, -0.15) is 13.2 Å². The summed E-state index contributed by atoms with van der Waals surface area (Å²) in [5.41, 5.74) is -2.85. The zero-order valence-electron chi connectivity index (χ0n) is 7.78. The van der Waals surface area contributed by atoms with Gasteiger partial charge in [0.25, 0.3) is 6.43 Å². The number of alkyl halides is 5. The summed E-state index contributed by atoms with van der Waals surface area (Å²) in [6.45, 7) is 0. The first-order chi connectivity index (χ1) is 7.29. The maximum absolute atomic E-state index is 12.5. The average molecular weight is 262 g/mol. The summed E-state index contributed by atoms with van der Waals surface area (Å²) in [5.74, 6) is -0.758. The Labute approximate surface area is 92.0 Å². The second-order valence-corrected chi connectivity index (χ2v) is 3.07. The fourth-order valence-electron chi connectivity index (χ4n) is 1.12. The maximum Gasteiger partial charge on any atom is 0.418 e. The number of hydrogen-bond donors (Lipinski definition) is 0. The number of rotatable bonds is 2. The highest BCUT2D eigenvalue weighted by atomic mass is 35.5. The summed E-state index contributed by atoms with van der Waals surface area (Å²) in [4.78, 5) is 3.15. The van der Waals surface area contributed by atoms with Gasteiger partial charge in [-0.3, -0.25) is 0 Å². The van der Waals surface area contributed by atoms with Gasteiger partial charge in [0.05, 0.1) is 18.2 Å². The predicted molar refractivity (Wildman–Crippen MR) is 45.8 cm³/mol. The van der Waals surface area contributed by atoms with Crippen LogP contribution in [0.4, 0.5) is 22.0 Å². The van der Waals surface area contributed by atoms with E-state index in [1.165, 1.54) is 0 Å². The van der Waals surface area contributed by atoms with E-state index in [9.17, 15) is 22.0 Å². The number of methoxy groups -OCH3 is 1. The first kappa shape index (κ1) is 13.0. The van der Waals surface area contributed by atoms with Crippen molar-refractivity contribution in [2.75, 3.05) is 7.11 Å². The number of halogens is 6. The molecule has 0 unspecified atom stereocenters. The molecule has 1 aromatic rings. The molecule has 0 N–H and O–H groups in total. The lowest BCUT2D eigenvalue weighted by molar-refractivity contribution is -0.139. The van der Waals surface area contributed by atoms with E-state index in [-0.39, 0.29) is 6.20 Å². The van der Waals surface area contributed by atoms with Crippen LogP contribution in [0.15, 0.2) is 6.20 Å². The van der Waals surface area contributed by atoms with Crippen molar-refractivity contribution in [3.8, 4) is 5.75 Å². The van der Waals surface area contributed by atoms with Crippen molar-refractivity contribution in [2.24, 2.45) is 0 Å². The highest BCUT2D eigenvalue weighted by Crippen LogP contribution is 2.42. The fourth-order valence-corrected chi connectivity index (χ4v) is 1.35. The largest absolute Gasteiger partial charge is 0.493 e. The smallest absolute Gasteiger partial charge is 0.418 e. The molecule has 0 aromatic carbocycles. The van der Waals surface area contributed by atoms with Gasteiger partial charge in [0.2, 0.25) is 0 Å². The molecule has 90 valence electrons. The minimum absolute atomic E-state index is 0.256. The lowest BCUT2D eigenvalue weighted by Crippen LogP contribution is -2.12. The van der Waals surface area contributed by atoms with E-state index in [1.807, 2.05) is 0 Å². The van der Waals surface area contributed by atoms with Crippen LogP contribution < -0.4 is 4.74 Å². The van der Waals surface area contributed by atoms with Crippen LogP contribution >= 0.6 is 11.6 Å². The third-order valence-corrected chi connectivity index (χ3v) is 2.03. The second-order valence-electron chi connectivity index (χ2n) is 2.71. The molecule has 0 aliphatic carbocycles. The molecule has 0 radical (unpaired) electrons. The van der Waals surface area contributed by atoms with Crippen LogP contribution in [-0.4, -0.2) is 12.1 Å². The molecule has 2 nitrogen and oxygen atoms in total. The van der Waals surface area contributed by atoms with Crippen LogP contribution in [-0.2, 0) is 6.18 Å². The van der Waals surface area contributed by atoms with E-state index in [2.05, 4.69) is 9.72 Å². The van der Waals surface area contributed by atoms with Gasteiger partial charge in [-0.15, -0.1) is 0 Å². The molecule has 0 spiro atoms. The predicted octanol–water partition coefficient (Wildman–Crippen LogP) is 3.70. The van der Waals surface area contributed by atoms with Gasteiger partial charge in [0, 0.05) is 6.20 Å². The number of hydrogen-bond acceptors (Lipinski definition) is 2. The molecule has 0 saturated heterocycles. The van der Waals surface area contributed by atoms with Crippen LogP contribution in [0.25, 0.3) is 0 Å². The van der Waals surface area contributed by atoms with Crippen molar-refractivity contribution in [3.63, 3.8) is 0 Å². The molecule has 0 fully saturated rings. The number of nitrogens with zero attached hydrogens (tertiary/aromatic N) is 1. The highest BCUT2D eigenvalue weighted by Gasteiger charge is 2.39. The van der Waals surface area contributed by atoms with Crippen LogP contribution in [0.1, 0.15) is 17.6 Å². The van der Waals surface area contributed by atoms with Gasteiger partial charge in [0.15, 0.2) is 10.9 Å². The number of ether oxygens (including phenoxy) is 1. The van der Waals surface area contributed by atoms with Gasteiger partial charge >= 0.3 is 6.18 Å². The standard InChI is InChI=1S/C8H5ClF5NO/c1-16-5-4(7(10)11)3(8(12,13)14)2-15-6(5)9/h2,7H,1H3. The molecular formula is C8H5ClF5NO. The molecular weight excluding hydrogens is 257 g/mol. The molecule has 0 aliphatic heterocycles. The summed E-state index contributed by atoms with van der Waals surface area (Å²) >= 11 is 5.36. The van der Waals surface area contributed by atoms with Crippen molar-refractivity contribution < 1.29 is 26.7 Å². The van der Waals surface area contributed by atoms with Crippen molar-refractivity contribution >= 4 is 11.6 Å². The van der Waals surface area contributed by atoms with E-state index in [0.717, 1.165) is 7.11 Å². The van der Waals surface area contributed by atoms with E-state index in [0.29, 0.717) is 0 Å². The Morgan fingerprint density at radius 2 is 1.94 bits per heavy atom. The number of pyridine rings is 1. The van der Waals surface area contributed by atoms with Crippen molar-refractivity contribution in [3.05, 3.63) is 22.5 Å². The zero-order valence-corrected chi connectivity index (χ0v) is 8.53. The SMILES string of the molecule is COc1c(Cl)ncc(C(F)(F)F)c1C(F)F. The topological polar surface area (TPSA) is 22.1 Å². The van der Waals surface area contributed by atoms with Crippen LogP contribution in [0.5, 0.6) is 5.75 Å². The fraction of sp³-hybridized carbons (Fsp3) is 0.375. The Bertz CT molecular complexity index is 393. The Kier molecular flexibility index (Phi) is 3.57. The van der Waals surface area contributed by atoms with Gasteiger partial charge in [-0.25, -0.2) is 13.8 Å². The Morgan fingerprint density at radius 3 is 2.31 bits per heavy atom. The van der Waals surface area contributed by atoms with Gasteiger partial charge in [0.1, 0.15) is 0 Å². The van der Waals surface area contributed by atoms with Crippen LogP contribution in [0.3, 0.4) is 0 Å². The summed E-state index contributed by atoms with van der Waals surface area (Å²) in [5, 5.41) is -0.536. The molecule has 1 rings (SSSR count). The first-order valence-corrected chi connectivity index (χ1v) is 4.24. The van der Waals surface area contributed by atoms with E-state index < -0.39 is 34.6 Å². The van der Waals surface area contributed by atoms with Crippen LogP contribution in [0, 0.1) is 0 Å². The van der Waals surface area contributed by atoms with Gasteiger partial charge in [-0.1, -0.05) is 11.6 Å². The monoisotopic (exact) mass is 261 g/mol. The molecule has 0 amide bonds. The Hall–Kier alpha value is -1.11. The third-order valence-electron chi connectivity index (χ3n) is 1.76. The Morgan fingerprint density at radius 1 is 1.38 bits per heavy atom. The average Bonchev–Trinajstić information content (AvgIpc) is 2.14. The zero-order chi connectivity index (χ0) is 12.5. The molecule has 0 bridgehead atoms. The molecule has 8 heteroatoms. The first-order valence-electron chi connectivity index (χ1n) is 3.86. The highest BCUT2D eigenvalue weighted by molar-refractivity contribution is 6.31. The quantitative estimate of drug-likeness (QED) is 0.598. The Balaban J connectivity index is 3.52. The number of aromatic nitrogens is 1. The molecule has 0 atom stereocenters. The minimum atomic E-state index is -4.93. The summed E-state index contributed by atoms with van der Waals surface area (Å²) in [6, 6.07) is 0. The van der Waals surface area contributed by atoms with E-state index >= 15 is 0 Å². The van der Waals surface area contributed by atoms with Crippen molar-refractivity contribution in [2.45, 2.75) is 12.6 Å². The summed E-state index contributed by atoms with van der Waals surface area (Å²) in [6.07, 6.45) is -8.03. The molecule has 0 aliphatic rings. The van der Waals surface area contributed by atoms with E-state index in [1.54, 1.807) is 0 Å². The summed E-state index contributed by atoms with van der Waals surface area (Å²) in [7, 11) is 0.939. The molecule has 16 heavy (non-hydrogen) atoms. The van der Waals surface area contributed by atoms with Crippen molar-refractivity contribution in [1.29, 1.82) is 0 Å². The minimum Gasteiger partial charge on any atom is -0.493 e.